The molecule has 0 radical (unpaired) electrons. The van der Waals surface area contributed by atoms with Crippen LogP contribution in [0.25, 0.3) is 0 Å². The Hall–Kier alpha value is -0.860. The topological polar surface area (TPSA) is 35.2 Å². The lowest BCUT2D eigenvalue weighted by Gasteiger charge is -2.20. The molecular weight excluding hydrogens is 198 g/mol. The summed E-state index contributed by atoms with van der Waals surface area (Å²) in [6.45, 7) is 5.56. The van der Waals surface area contributed by atoms with Crippen molar-refractivity contribution in [2.75, 3.05) is 13.2 Å². The van der Waals surface area contributed by atoms with Crippen molar-refractivity contribution in [3.05, 3.63) is 34.9 Å². The first kappa shape index (κ1) is 11.6. The molecule has 2 N–H and O–H groups in total. The highest BCUT2D eigenvalue weighted by Crippen LogP contribution is 2.44. The summed E-state index contributed by atoms with van der Waals surface area (Å²) < 4.78 is 5.91. The zero-order valence-electron chi connectivity index (χ0n) is 10.2. The highest BCUT2D eigenvalue weighted by Gasteiger charge is 2.33. The maximum atomic E-state index is 5.91. The second-order valence-corrected chi connectivity index (χ2v) is 4.78. The number of benzene rings is 1. The van der Waals surface area contributed by atoms with E-state index in [0.717, 1.165) is 0 Å². The Morgan fingerprint density at radius 1 is 1.38 bits per heavy atom. The smallest absolute Gasteiger partial charge is 0.0856 e. The standard InChI is InChI=1S/C14H21NO/c1-10-3-4-11(2)13(9-10)14(12-5-6-12)16-8-7-15/h3-4,9,12,14H,5-8,15H2,1-2H3. The second-order valence-electron chi connectivity index (χ2n) is 4.78. The minimum atomic E-state index is 0.267. The average Bonchev–Trinajstić information content (AvgIpc) is 3.08. The monoisotopic (exact) mass is 219 g/mol. The third-order valence-corrected chi connectivity index (χ3v) is 3.21. The van der Waals surface area contributed by atoms with Crippen molar-refractivity contribution >= 4 is 0 Å². The molecule has 0 heterocycles. The van der Waals surface area contributed by atoms with E-state index in [1.165, 1.54) is 29.5 Å². The van der Waals surface area contributed by atoms with Crippen LogP contribution in [0.4, 0.5) is 0 Å². The number of aryl methyl sites for hydroxylation is 2. The highest BCUT2D eigenvalue weighted by atomic mass is 16.5. The SMILES string of the molecule is Cc1ccc(C)c(C(OCCN)C2CC2)c1. The Labute approximate surface area is 97.8 Å². The fourth-order valence-electron chi connectivity index (χ4n) is 2.14. The van der Waals surface area contributed by atoms with Gasteiger partial charge >= 0.3 is 0 Å². The van der Waals surface area contributed by atoms with E-state index < -0.39 is 0 Å². The molecule has 0 spiro atoms. The first-order valence-corrected chi connectivity index (χ1v) is 6.11. The van der Waals surface area contributed by atoms with Crippen LogP contribution in [0.1, 0.15) is 35.6 Å². The average molecular weight is 219 g/mol. The fraction of sp³-hybridized carbons (Fsp3) is 0.571. The molecule has 2 rings (SSSR count). The van der Waals surface area contributed by atoms with Gasteiger partial charge in [-0.1, -0.05) is 23.8 Å². The molecule has 1 aliphatic rings. The van der Waals surface area contributed by atoms with Gasteiger partial charge in [-0.3, -0.25) is 0 Å². The maximum Gasteiger partial charge on any atom is 0.0856 e. The fourth-order valence-corrected chi connectivity index (χ4v) is 2.14. The molecule has 0 bridgehead atoms. The van der Waals surface area contributed by atoms with Gasteiger partial charge in [0.25, 0.3) is 0 Å². The summed E-state index contributed by atoms with van der Waals surface area (Å²) in [6, 6.07) is 6.60. The number of nitrogens with two attached hydrogens (primary N) is 1. The largest absolute Gasteiger partial charge is 0.372 e. The van der Waals surface area contributed by atoms with Crippen molar-refractivity contribution in [3.63, 3.8) is 0 Å². The molecule has 0 aromatic heterocycles. The highest BCUT2D eigenvalue weighted by molar-refractivity contribution is 5.33. The molecular formula is C14H21NO. The van der Waals surface area contributed by atoms with E-state index in [9.17, 15) is 0 Å². The zero-order chi connectivity index (χ0) is 11.5. The quantitative estimate of drug-likeness (QED) is 0.826. The molecule has 1 fully saturated rings. The van der Waals surface area contributed by atoms with E-state index in [2.05, 4.69) is 32.0 Å². The molecule has 2 nitrogen and oxygen atoms in total. The van der Waals surface area contributed by atoms with Gasteiger partial charge < -0.3 is 10.5 Å². The van der Waals surface area contributed by atoms with E-state index >= 15 is 0 Å². The lowest BCUT2D eigenvalue weighted by molar-refractivity contribution is 0.0420. The Balaban J connectivity index is 2.19. The van der Waals surface area contributed by atoms with E-state index in [1.54, 1.807) is 0 Å². The number of hydrogen-bond donors (Lipinski definition) is 1. The third-order valence-electron chi connectivity index (χ3n) is 3.21. The van der Waals surface area contributed by atoms with Gasteiger partial charge in [0, 0.05) is 6.54 Å². The Morgan fingerprint density at radius 3 is 2.75 bits per heavy atom. The van der Waals surface area contributed by atoms with Crippen LogP contribution >= 0.6 is 0 Å². The third kappa shape index (κ3) is 2.63. The van der Waals surface area contributed by atoms with Gasteiger partial charge in [-0.15, -0.1) is 0 Å². The van der Waals surface area contributed by atoms with Crippen LogP contribution in [0.3, 0.4) is 0 Å². The van der Waals surface area contributed by atoms with Crippen LogP contribution in [-0.2, 0) is 4.74 Å². The Bertz CT molecular complexity index is 358. The molecule has 1 saturated carbocycles. The summed E-state index contributed by atoms with van der Waals surface area (Å²) in [7, 11) is 0. The van der Waals surface area contributed by atoms with Gasteiger partial charge in [0.1, 0.15) is 0 Å². The van der Waals surface area contributed by atoms with Crippen LogP contribution in [0, 0.1) is 19.8 Å². The van der Waals surface area contributed by atoms with Crippen molar-refractivity contribution in [1.29, 1.82) is 0 Å². The first-order valence-electron chi connectivity index (χ1n) is 6.11. The van der Waals surface area contributed by atoms with Crippen LogP contribution in [0.5, 0.6) is 0 Å². The van der Waals surface area contributed by atoms with Gasteiger partial charge in [-0.05, 0) is 43.7 Å². The number of ether oxygens (including phenoxy) is 1. The van der Waals surface area contributed by atoms with Crippen molar-refractivity contribution < 1.29 is 4.74 Å². The van der Waals surface area contributed by atoms with E-state index in [0.29, 0.717) is 19.1 Å². The lowest BCUT2D eigenvalue weighted by Crippen LogP contribution is -2.15. The van der Waals surface area contributed by atoms with Crippen molar-refractivity contribution in [3.8, 4) is 0 Å². The van der Waals surface area contributed by atoms with Crippen molar-refractivity contribution in [2.45, 2.75) is 32.8 Å². The molecule has 1 atom stereocenters. The molecule has 1 aliphatic carbocycles. The van der Waals surface area contributed by atoms with Gasteiger partial charge in [-0.2, -0.15) is 0 Å². The minimum absolute atomic E-state index is 0.267. The molecule has 2 heteroatoms. The van der Waals surface area contributed by atoms with Gasteiger partial charge in [-0.25, -0.2) is 0 Å². The molecule has 16 heavy (non-hydrogen) atoms. The summed E-state index contributed by atoms with van der Waals surface area (Å²) in [6.07, 6.45) is 2.86. The van der Waals surface area contributed by atoms with Crippen LogP contribution in [-0.4, -0.2) is 13.2 Å². The van der Waals surface area contributed by atoms with Crippen LogP contribution in [0.2, 0.25) is 0 Å². The van der Waals surface area contributed by atoms with Crippen molar-refractivity contribution in [2.24, 2.45) is 11.7 Å². The Kier molecular flexibility index (Phi) is 3.62. The second kappa shape index (κ2) is 4.98. The molecule has 0 saturated heterocycles. The van der Waals surface area contributed by atoms with Crippen LogP contribution < -0.4 is 5.73 Å². The number of rotatable bonds is 5. The van der Waals surface area contributed by atoms with E-state index in [1.807, 2.05) is 0 Å². The summed E-state index contributed by atoms with van der Waals surface area (Å²) >= 11 is 0. The summed E-state index contributed by atoms with van der Waals surface area (Å²) in [5.74, 6) is 0.715. The predicted molar refractivity (Wildman–Crippen MR) is 66.4 cm³/mol. The number of hydrogen-bond acceptors (Lipinski definition) is 2. The molecule has 0 amide bonds. The summed E-state index contributed by atoms with van der Waals surface area (Å²) in [5, 5.41) is 0. The molecule has 1 unspecified atom stereocenters. The van der Waals surface area contributed by atoms with E-state index in [-0.39, 0.29) is 6.10 Å². The molecule has 1 aromatic rings. The molecule has 88 valence electrons. The van der Waals surface area contributed by atoms with E-state index in [4.69, 9.17) is 10.5 Å². The summed E-state index contributed by atoms with van der Waals surface area (Å²) in [4.78, 5) is 0. The predicted octanol–water partition coefficient (Wildman–Crippen LogP) is 2.73. The maximum absolute atomic E-state index is 5.91. The van der Waals surface area contributed by atoms with Gasteiger partial charge in [0.05, 0.1) is 12.7 Å². The first-order chi connectivity index (χ1) is 7.72. The molecule has 0 aliphatic heterocycles. The minimum Gasteiger partial charge on any atom is -0.372 e. The van der Waals surface area contributed by atoms with Crippen LogP contribution in [0.15, 0.2) is 18.2 Å². The van der Waals surface area contributed by atoms with Gasteiger partial charge in [0.15, 0.2) is 0 Å². The van der Waals surface area contributed by atoms with Gasteiger partial charge in [0.2, 0.25) is 0 Å². The Morgan fingerprint density at radius 2 is 2.12 bits per heavy atom. The normalized spacial score (nSPS) is 17.4. The lowest BCUT2D eigenvalue weighted by atomic mass is 9.98. The van der Waals surface area contributed by atoms with Crippen molar-refractivity contribution in [1.82, 2.24) is 0 Å². The molecule has 1 aromatic carbocycles. The zero-order valence-corrected chi connectivity index (χ0v) is 10.2. The summed E-state index contributed by atoms with van der Waals surface area (Å²) in [5.41, 5.74) is 9.52.